The lowest BCUT2D eigenvalue weighted by molar-refractivity contribution is 0.401. The number of hydrogen-bond donors (Lipinski definition) is 1. The lowest BCUT2D eigenvalue weighted by Crippen LogP contribution is -2.18. The predicted octanol–water partition coefficient (Wildman–Crippen LogP) is 4.40. The molecule has 0 fully saturated rings. The number of fused-ring (bicyclic) bond motifs is 1. The SMILES string of the molecule is COc1cc(C)ccc1C(C)NCc1cc2c(s1)CCC2. The number of ether oxygens (including phenoxy) is 1. The second kappa shape index (κ2) is 6.20. The lowest BCUT2D eigenvalue weighted by atomic mass is 10.0. The highest BCUT2D eigenvalue weighted by Crippen LogP contribution is 2.31. The molecule has 3 rings (SSSR count). The molecule has 3 heteroatoms. The molecule has 0 amide bonds. The van der Waals surface area contributed by atoms with Crippen LogP contribution >= 0.6 is 11.3 Å². The number of thiophene rings is 1. The molecule has 0 bridgehead atoms. The van der Waals surface area contributed by atoms with Gasteiger partial charge in [0.05, 0.1) is 7.11 Å². The highest BCUT2D eigenvalue weighted by Gasteiger charge is 2.16. The van der Waals surface area contributed by atoms with Crippen molar-refractivity contribution in [3.05, 3.63) is 50.7 Å². The Labute approximate surface area is 131 Å². The standard InChI is InChI=1S/C18H23NOS/c1-12-7-8-16(17(9-12)20-3)13(2)19-11-15-10-14-5-4-6-18(14)21-15/h7-10,13,19H,4-6,11H2,1-3H3. The second-order valence-electron chi connectivity index (χ2n) is 5.86. The van der Waals surface area contributed by atoms with Crippen LogP contribution in [0.3, 0.4) is 0 Å². The summed E-state index contributed by atoms with van der Waals surface area (Å²) in [7, 11) is 1.74. The zero-order valence-electron chi connectivity index (χ0n) is 13.0. The molecule has 112 valence electrons. The highest BCUT2D eigenvalue weighted by molar-refractivity contribution is 7.12. The summed E-state index contributed by atoms with van der Waals surface area (Å²) < 4.78 is 5.51. The molecular formula is C18H23NOS. The Kier molecular flexibility index (Phi) is 4.32. The van der Waals surface area contributed by atoms with Crippen molar-refractivity contribution in [1.29, 1.82) is 0 Å². The Morgan fingerprint density at radius 2 is 2.14 bits per heavy atom. The summed E-state index contributed by atoms with van der Waals surface area (Å²) in [6.07, 6.45) is 3.89. The smallest absolute Gasteiger partial charge is 0.123 e. The maximum Gasteiger partial charge on any atom is 0.123 e. The highest BCUT2D eigenvalue weighted by atomic mass is 32.1. The molecule has 0 spiro atoms. The summed E-state index contributed by atoms with van der Waals surface area (Å²) >= 11 is 1.98. The van der Waals surface area contributed by atoms with Crippen LogP contribution in [0.2, 0.25) is 0 Å². The van der Waals surface area contributed by atoms with E-state index in [1.807, 2.05) is 11.3 Å². The van der Waals surface area contributed by atoms with Gasteiger partial charge in [-0.1, -0.05) is 12.1 Å². The maximum atomic E-state index is 5.51. The third kappa shape index (κ3) is 3.14. The van der Waals surface area contributed by atoms with Crippen LogP contribution < -0.4 is 10.1 Å². The van der Waals surface area contributed by atoms with Gasteiger partial charge >= 0.3 is 0 Å². The molecular weight excluding hydrogens is 278 g/mol. The summed E-state index contributed by atoms with van der Waals surface area (Å²) in [6, 6.07) is 9.10. The van der Waals surface area contributed by atoms with Crippen molar-refractivity contribution in [3.63, 3.8) is 0 Å². The Bertz CT molecular complexity index is 611. The third-order valence-electron chi connectivity index (χ3n) is 4.24. The van der Waals surface area contributed by atoms with Crippen LogP contribution in [0, 0.1) is 6.92 Å². The van der Waals surface area contributed by atoms with Crippen molar-refractivity contribution in [2.24, 2.45) is 0 Å². The van der Waals surface area contributed by atoms with Crippen LogP contribution in [0.1, 0.15) is 45.8 Å². The van der Waals surface area contributed by atoms with Crippen LogP contribution in [0.5, 0.6) is 5.75 Å². The number of methoxy groups -OCH3 is 1. The van der Waals surface area contributed by atoms with Gasteiger partial charge in [-0.2, -0.15) is 0 Å². The van der Waals surface area contributed by atoms with Gasteiger partial charge in [0.15, 0.2) is 0 Å². The zero-order valence-corrected chi connectivity index (χ0v) is 13.8. The van der Waals surface area contributed by atoms with Crippen molar-refractivity contribution in [3.8, 4) is 5.75 Å². The van der Waals surface area contributed by atoms with E-state index in [1.54, 1.807) is 17.6 Å². The minimum Gasteiger partial charge on any atom is -0.496 e. The fourth-order valence-corrected chi connectivity index (χ4v) is 4.23. The van der Waals surface area contributed by atoms with Crippen molar-refractivity contribution in [2.75, 3.05) is 7.11 Å². The number of benzene rings is 1. The topological polar surface area (TPSA) is 21.3 Å². The van der Waals surface area contributed by atoms with Gasteiger partial charge in [0.25, 0.3) is 0 Å². The fourth-order valence-electron chi connectivity index (χ4n) is 3.02. The minimum atomic E-state index is 0.289. The van der Waals surface area contributed by atoms with Crippen molar-refractivity contribution < 1.29 is 4.74 Å². The van der Waals surface area contributed by atoms with Gasteiger partial charge in [-0.05, 0) is 56.4 Å². The summed E-state index contributed by atoms with van der Waals surface area (Å²) in [5.74, 6) is 0.976. The summed E-state index contributed by atoms with van der Waals surface area (Å²) in [5, 5.41) is 3.63. The van der Waals surface area contributed by atoms with E-state index in [-0.39, 0.29) is 6.04 Å². The monoisotopic (exact) mass is 301 g/mol. The van der Waals surface area contributed by atoms with Crippen LogP contribution in [0.25, 0.3) is 0 Å². The van der Waals surface area contributed by atoms with Gasteiger partial charge in [0, 0.05) is 27.9 Å². The Balaban J connectivity index is 1.67. The van der Waals surface area contributed by atoms with Gasteiger partial charge in [-0.25, -0.2) is 0 Å². The number of rotatable bonds is 5. The van der Waals surface area contributed by atoms with E-state index in [9.17, 15) is 0 Å². The molecule has 2 nitrogen and oxygen atoms in total. The molecule has 1 atom stereocenters. The Morgan fingerprint density at radius 3 is 2.90 bits per heavy atom. The molecule has 1 aliphatic carbocycles. The van der Waals surface area contributed by atoms with Gasteiger partial charge in [-0.3, -0.25) is 0 Å². The van der Waals surface area contributed by atoms with Crippen LogP contribution in [0.4, 0.5) is 0 Å². The second-order valence-corrected chi connectivity index (χ2v) is 7.08. The number of aryl methyl sites for hydroxylation is 3. The number of hydrogen-bond acceptors (Lipinski definition) is 3. The van der Waals surface area contributed by atoms with Gasteiger partial charge in [0.2, 0.25) is 0 Å². The first kappa shape index (κ1) is 14.6. The third-order valence-corrected chi connectivity index (χ3v) is 5.47. The van der Waals surface area contributed by atoms with Crippen molar-refractivity contribution in [1.82, 2.24) is 5.32 Å². The molecule has 0 saturated heterocycles. The maximum absolute atomic E-state index is 5.51. The zero-order chi connectivity index (χ0) is 14.8. The summed E-state index contributed by atoms with van der Waals surface area (Å²) in [5.41, 5.74) is 4.04. The fraction of sp³-hybridized carbons (Fsp3) is 0.444. The molecule has 0 radical (unpaired) electrons. The molecule has 1 heterocycles. The predicted molar refractivity (Wildman–Crippen MR) is 89.3 cm³/mol. The molecule has 1 aliphatic rings. The Hall–Kier alpha value is -1.32. The van der Waals surface area contributed by atoms with E-state index in [4.69, 9.17) is 4.74 Å². The van der Waals surface area contributed by atoms with Gasteiger partial charge < -0.3 is 10.1 Å². The molecule has 21 heavy (non-hydrogen) atoms. The van der Waals surface area contributed by atoms with E-state index in [0.29, 0.717) is 0 Å². The molecule has 1 N–H and O–H groups in total. The first-order chi connectivity index (χ1) is 10.2. The molecule has 0 aliphatic heterocycles. The van der Waals surface area contributed by atoms with E-state index in [0.717, 1.165) is 12.3 Å². The largest absolute Gasteiger partial charge is 0.496 e. The molecule has 2 aromatic rings. The molecule has 0 saturated carbocycles. The first-order valence-corrected chi connectivity index (χ1v) is 8.47. The lowest BCUT2D eigenvalue weighted by Gasteiger charge is -2.17. The van der Waals surface area contributed by atoms with E-state index >= 15 is 0 Å². The van der Waals surface area contributed by atoms with E-state index in [2.05, 4.69) is 43.4 Å². The van der Waals surface area contributed by atoms with Gasteiger partial charge in [-0.15, -0.1) is 11.3 Å². The van der Waals surface area contributed by atoms with Crippen LogP contribution in [0.15, 0.2) is 24.3 Å². The van der Waals surface area contributed by atoms with E-state index in [1.165, 1.54) is 35.3 Å². The number of nitrogens with one attached hydrogen (secondary N) is 1. The molecule has 1 aromatic carbocycles. The quantitative estimate of drug-likeness (QED) is 0.883. The summed E-state index contributed by atoms with van der Waals surface area (Å²) in [4.78, 5) is 3.06. The van der Waals surface area contributed by atoms with Crippen molar-refractivity contribution in [2.45, 2.75) is 45.7 Å². The van der Waals surface area contributed by atoms with Gasteiger partial charge in [0.1, 0.15) is 5.75 Å². The average molecular weight is 301 g/mol. The minimum absolute atomic E-state index is 0.289. The van der Waals surface area contributed by atoms with Crippen molar-refractivity contribution >= 4 is 11.3 Å². The van der Waals surface area contributed by atoms with Crippen LogP contribution in [-0.4, -0.2) is 7.11 Å². The van der Waals surface area contributed by atoms with E-state index < -0.39 is 0 Å². The first-order valence-electron chi connectivity index (χ1n) is 7.65. The molecule has 1 aromatic heterocycles. The summed E-state index contributed by atoms with van der Waals surface area (Å²) in [6.45, 7) is 5.24. The molecule has 1 unspecified atom stereocenters. The normalized spacial score (nSPS) is 15.0. The Morgan fingerprint density at radius 1 is 1.29 bits per heavy atom. The average Bonchev–Trinajstić information content (AvgIpc) is 3.05. The van der Waals surface area contributed by atoms with Crippen LogP contribution in [-0.2, 0) is 19.4 Å².